The van der Waals surface area contributed by atoms with Gasteiger partial charge in [0.05, 0.1) is 11.4 Å². The average Bonchev–Trinajstić information content (AvgIpc) is 3.09. The number of nitrogens with one attached hydrogen (secondary N) is 1. The van der Waals surface area contributed by atoms with Crippen molar-refractivity contribution in [2.75, 3.05) is 37.6 Å². The van der Waals surface area contributed by atoms with E-state index in [9.17, 15) is 18.0 Å². The summed E-state index contributed by atoms with van der Waals surface area (Å²) >= 11 is 0. The Kier molecular flexibility index (Phi) is 10.1. The van der Waals surface area contributed by atoms with Gasteiger partial charge in [-0.2, -0.15) is 8.42 Å². The van der Waals surface area contributed by atoms with E-state index in [1.807, 2.05) is 61.5 Å². The number of ether oxygens (including phenoxy) is 2. The molecule has 1 aliphatic carbocycles. The first-order valence-electron chi connectivity index (χ1n) is 15.8. The molecule has 2 amide bonds. The molecule has 1 fully saturated rings. The zero-order chi connectivity index (χ0) is 33.5. The summed E-state index contributed by atoms with van der Waals surface area (Å²) < 4.78 is 42.0. The summed E-state index contributed by atoms with van der Waals surface area (Å²) in [6.07, 6.45) is 1.24. The monoisotopic (exact) mass is 667 g/mol. The fourth-order valence-electron chi connectivity index (χ4n) is 5.36. The zero-order valence-electron chi connectivity index (χ0n) is 26.6. The van der Waals surface area contributed by atoms with E-state index in [0.717, 1.165) is 22.6 Å². The molecule has 248 valence electrons. The maximum atomic E-state index is 12.9. The van der Waals surface area contributed by atoms with Crippen molar-refractivity contribution >= 4 is 27.6 Å². The van der Waals surface area contributed by atoms with E-state index in [1.54, 1.807) is 47.4 Å². The van der Waals surface area contributed by atoms with Crippen molar-refractivity contribution in [3.05, 3.63) is 132 Å². The lowest BCUT2D eigenvalue weighted by Gasteiger charge is -2.36. The van der Waals surface area contributed by atoms with Gasteiger partial charge in [-0.25, -0.2) is 0 Å². The van der Waals surface area contributed by atoms with Crippen molar-refractivity contribution in [2.24, 2.45) is 0 Å². The molecule has 0 spiro atoms. The van der Waals surface area contributed by atoms with Crippen LogP contribution in [0.2, 0.25) is 0 Å². The molecule has 11 heteroatoms. The Morgan fingerprint density at radius 3 is 2.25 bits per heavy atom. The first-order chi connectivity index (χ1) is 23.2. The fourth-order valence-corrected chi connectivity index (χ4v) is 6.39. The van der Waals surface area contributed by atoms with Gasteiger partial charge in [0, 0.05) is 43.9 Å². The molecular formula is C37H37N3O7S. The van der Waals surface area contributed by atoms with Gasteiger partial charge in [-0.3, -0.25) is 13.8 Å². The maximum Gasteiger partial charge on any atom is 0.297 e. The van der Waals surface area contributed by atoms with Gasteiger partial charge in [-0.15, -0.1) is 0 Å². The maximum absolute atomic E-state index is 12.9. The number of anilines is 1. The molecule has 0 unspecified atom stereocenters. The molecule has 1 heterocycles. The van der Waals surface area contributed by atoms with Crippen LogP contribution in [0.4, 0.5) is 5.69 Å². The van der Waals surface area contributed by atoms with Gasteiger partial charge < -0.3 is 24.6 Å². The SMILES string of the molecule is Cc1ccc(S(=O)(=O)O[C@H]2C=C(Oc3cccc(C(=O)NCC(=O)N4CCN(c5ccc(OCc6ccccc6)cc5)CC4)c3)C2)cc1. The number of rotatable bonds is 12. The second-order valence-electron chi connectivity index (χ2n) is 11.7. The standard InChI is InChI=1S/C37H37N3O7S/c1-27-10-16-35(17-11-27)48(43,44)47-34-23-33(24-34)46-32-9-5-8-29(22-32)37(42)38-25-36(41)40-20-18-39(19-21-40)30-12-14-31(15-13-30)45-26-28-6-3-2-4-7-28/h2-17,22-23,34H,18-21,24-26H2,1H3,(H,38,42)/t34-/m0/s1. The van der Waals surface area contributed by atoms with E-state index in [1.165, 1.54) is 12.1 Å². The molecule has 1 atom stereocenters. The Hall–Kier alpha value is -5.13. The van der Waals surface area contributed by atoms with Crippen LogP contribution in [0.15, 0.2) is 120 Å². The third kappa shape index (κ3) is 8.41. The molecule has 10 nitrogen and oxygen atoms in total. The highest BCUT2D eigenvalue weighted by Crippen LogP contribution is 2.29. The van der Waals surface area contributed by atoms with Gasteiger partial charge >= 0.3 is 0 Å². The van der Waals surface area contributed by atoms with Crippen molar-refractivity contribution in [2.45, 2.75) is 31.0 Å². The Bertz CT molecular complexity index is 1870. The van der Waals surface area contributed by atoms with Crippen molar-refractivity contribution in [1.82, 2.24) is 10.2 Å². The predicted octanol–water partition coefficient (Wildman–Crippen LogP) is 5.09. The summed E-state index contributed by atoms with van der Waals surface area (Å²) in [4.78, 5) is 29.8. The predicted molar refractivity (Wildman–Crippen MR) is 181 cm³/mol. The Morgan fingerprint density at radius 2 is 1.54 bits per heavy atom. The number of carbonyl (C=O) groups is 2. The number of nitrogens with zero attached hydrogens (tertiary/aromatic N) is 2. The summed E-state index contributed by atoms with van der Waals surface area (Å²) in [5.74, 6) is 1.22. The molecular weight excluding hydrogens is 630 g/mol. The van der Waals surface area contributed by atoms with Crippen LogP contribution in [0.5, 0.6) is 11.5 Å². The number of benzene rings is 4. The fraction of sp³-hybridized carbons (Fsp3) is 0.243. The molecule has 4 aromatic rings. The van der Waals surface area contributed by atoms with Crippen LogP contribution in [-0.4, -0.2) is 64.0 Å². The van der Waals surface area contributed by atoms with Crippen LogP contribution in [0, 0.1) is 6.92 Å². The number of hydrogen-bond acceptors (Lipinski definition) is 8. The molecule has 0 radical (unpaired) electrons. The van der Waals surface area contributed by atoms with Crippen LogP contribution >= 0.6 is 0 Å². The average molecular weight is 668 g/mol. The second-order valence-corrected chi connectivity index (χ2v) is 13.3. The summed E-state index contributed by atoms with van der Waals surface area (Å²) in [5, 5.41) is 2.71. The van der Waals surface area contributed by atoms with Crippen LogP contribution in [0.1, 0.15) is 27.9 Å². The van der Waals surface area contributed by atoms with Gasteiger partial charge in [0.15, 0.2) is 0 Å². The first-order valence-corrected chi connectivity index (χ1v) is 17.2. The molecule has 6 rings (SSSR count). The van der Waals surface area contributed by atoms with Gasteiger partial charge in [0.1, 0.15) is 30.0 Å². The summed E-state index contributed by atoms with van der Waals surface area (Å²) in [5.41, 5.74) is 3.47. The van der Waals surface area contributed by atoms with Gasteiger partial charge in [-0.1, -0.05) is 54.1 Å². The Labute approximate surface area is 280 Å². The summed E-state index contributed by atoms with van der Waals surface area (Å²) in [6, 6.07) is 31.0. The van der Waals surface area contributed by atoms with E-state index in [2.05, 4.69) is 10.2 Å². The molecule has 1 saturated heterocycles. The molecule has 1 aliphatic heterocycles. The van der Waals surface area contributed by atoms with Gasteiger partial charge in [0.25, 0.3) is 16.0 Å². The highest BCUT2D eigenvalue weighted by molar-refractivity contribution is 7.86. The number of hydrogen-bond donors (Lipinski definition) is 1. The lowest BCUT2D eigenvalue weighted by Crippen LogP contribution is -2.51. The minimum Gasteiger partial charge on any atom is -0.489 e. The van der Waals surface area contributed by atoms with E-state index in [0.29, 0.717) is 49.9 Å². The third-order valence-electron chi connectivity index (χ3n) is 8.16. The second kappa shape index (κ2) is 14.7. The number of aryl methyl sites for hydroxylation is 1. The highest BCUT2D eigenvalue weighted by atomic mass is 32.2. The molecule has 1 N–H and O–H groups in total. The first kappa shape index (κ1) is 32.8. The lowest BCUT2D eigenvalue weighted by molar-refractivity contribution is -0.130. The smallest absolute Gasteiger partial charge is 0.297 e. The summed E-state index contributed by atoms with van der Waals surface area (Å²) in [7, 11) is -3.89. The minimum absolute atomic E-state index is 0.0994. The normalized spacial score (nSPS) is 16.0. The van der Waals surface area contributed by atoms with Crippen LogP contribution in [0.25, 0.3) is 0 Å². The van der Waals surface area contributed by atoms with Crippen molar-refractivity contribution in [3.63, 3.8) is 0 Å². The summed E-state index contributed by atoms with van der Waals surface area (Å²) in [6.45, 7) is 4.74. The Morgan fingerprint density at radius 1 is 0.833 bits per heavy atom. The van der Waals surface area contributed by atoms with Crippen LogP contribution in [-0.2, 0) is 25.7 Å². The zero-order valence-corrected chi connectivity index (χ0v) is 27.4. The van der Waals surface area contributed by atoms with Crippen molar-refractivity contribution < 1.29 is 31.7 Å². The topological polar surface area (TPSA) is 114 Å². The quantitative estimate of drug-likeness (QED) is 0.208. The van der Waals surface area contributed by atoms with Crippen LogP contribution in [0.3, 0.4) is 0 Å². The largest absolute Gasteiger partial charge is 0.489 e. The van der Waals surface area contributed by atoms with E-state index < -0.39 is 22.1 Å². The molecule has 0 saturated carbocycles. The molecule has 0 aromatic heterocycles. The van der Waals surface area contributed by atoms with Gasteiger partial charge in [0.2, 0.25) is 5.91 Å². The van der Waals surface area contributed by atoms with Gasteiger partial charge in [-0.05, 0) is 73.2 Å². The third-order valence-corrected chi connectivity index (χ3v) is 9.51. The number of amides is 2. The molecule has 0 bridgehead atoms. The van der Waals surface area contributed by atoms with Crippen molar-refractivity contribution in [3.8, 4) is 11.5 Å². The van der Waals surface area contributed by atoms with E-state index in [4.69, 9.17) is 13.7 Å². The van der Waals surface area contributed by atoms with Crippen molar-refractivity contribution in [1.29, 1.82) is 0 Å². The lowest BCUT2D eigenvalue weighted by atomic mass is 10.1. The van der Waals surface area contributed by atoms with Crippen LogP contribution < -0.4 is 19.7 Å². The highest BCUT2D eigenvalue weighted by Gasteiger charge is 2.29. The number of piperazine rings is 1. The molecule has 4 aromatic carbocycles. The Balaban J connectivity index is 0.924. The molecule has 2 aliphatic rings. The van der Waals surface area contributed by atoms with E-state index in [-0.39, 0.29) is 23.8 Å². The molecule has 48 heavy (non-hydrogen) atoms. The van der Waals surface area contributed by atoms with E-state index >= 15 is 0 Å². The minimum atomic E-state index is -3.89. The number of carbonyl (C=O) groups excluding carboxylic acids is 2.